The van der Waals surface area contributed by atoms with E-state index >= 15 is 0 Å². The van der Waals surface area contributed by atoms with Gasteiger partial charge in [0.25, 0.3) is 0 Å². The van der Waals surface area contributed by atoms with Crippen molar-refractivity contribution in [3.63, 3.8) is 0 Å². The van der Waals surface area contributed by atoms with Gasteiger partial charge in [-0.1, -0.05) is 18.2 Å². The molecule has 28 heavy (non-hydrogen) atoms. The highest BCUT2D eigenvalue weighted by atomic mass is 35.5. The summed E-state index contributed by atoms with van der Waals surface area (Å²) in [5.41, 5.74) is 6.70. The van der Waals surface area contributed by atoms with Crippen LogP contribution in [0.3, 0.4) is 0 Å². The summed E-state index contributed by atoms with van der Waals surface area (Å²) in [5, 5.41) is 2.82. The van der Waals surface area contributed by atoms with E-state index in [1.54, 1.807) is 7.11 Å². The molecule has 1 heterocycles. The van der Waals surface area contributed by atoms with Gasteiger partial charge in [0.05, 0.1) is 12.5 Å². The molecule has 0 bridgehead atoms. The molecule has 3 N–H and O–H groups in total. The maximum absolute atomic E-state index is 12.3. The lowest BCUT2D eigenvalue weighted by molar-refractivity contribution is -0.132. The Kier molecular flexibility index (Phi) is 13.7. The van der Waals surface area contributed by atoms with E-state index in [-0.39, 0.29) is 49.2 Å². The van der Waals surface area contributed by atoms with Crippen molar-refractivity contribution >= 4 is 42.3 Å². The average molecular weight is 435 g/mol. The topological polar surface area (TPSA) is 87.9 Å². The van der Waals surface area contributed by atoms with Crippen LogP contribution in [-0.2, 0) is 14.3 Å². The summed E-state index contributed by atoms with van der Waals surface area (Å²) in [6.07, 6.45) is 1.10. The van der Waals surface area contributed by atoms with Crippen molar-refractivity contribution in [3.8, 4) is 0 Å². The second-order valence-corrected chi connectivity index (χ2v) is 6.45. The zero-order chi connectivity index (χ0) is 18.8. The number of methoxy groups -OCH3 is 1. The van der Waals surface area contributed by atoms with Crippen molar-refractivity contribution in [2.75, 3.05) is 51.3 Å². The highest BCUT2D eigenvalue weighted by molar-refractivity contribution is 5.85. The number of amides is 2. The number of piperazine rings is 1. The number of nitrogens with two attached hydrogens (primary N) is 1. The van der Waals surface area contributed by atoms with Crippen LogP contribution in [0, 0.1) is 0 Å². The van der Waals surface area contributed by atoms with E-state index in [1.165, 1.54) is 5.69 Å². The van der Waals surface area contributed by atoms with Crippen molar-refractivity contribution in [2.45, 2.75) is 25.4 Å². The van der Waals surface area contributed by atoms with Crippen LogP contribution in [0.25, 0.3) is 0 Å². The molecule has 160 valence electrons. The molecular formula is C19H32Cl2N4O3. The maximum atomic E-state index is 12.3. The van der Waals surface area contributed by atoms with E-state index < -0.39 is 0 Å². The molecule has 0 spiro atoms. The van der Waals surface area contributed by atoms with Gasteiger partial charge in [-0.2, -0.15) is 0 Å². The lowest BCUT2D eigenvalue weighted by atomic mass is 10.2. The SMILES string of the molecule is COC(CN)CC(=O)NCCCC(=O)N1CCN(c2ccccc2)CC1.Cl.Cl. The average Bonchev–Trinajstić information content (AvgIpc) is 2.70. The van der Waals surface area contributed by atoms with Crippen molar-refractivity contribution in [1.82, 2.24) is 10.2 Å². The third kappa shape index (κ3) is 8.65. The third-order valence-electron chi connectivity index (χ3n) is 4.65. The van der Waals surface area contributed by atoms with Crippen LogP contribution in [0.1, 0.15) is 19.3 Å². The first-order chi connectivity index (χ1) is 12.6. The number of para-hydroxylation sites is 1. The summed E-state index contributed by atoms with van der Waals surface area (Å²) in [4.78, 5) is 28.3. The summed E-state index contributed by atoms with van der Waals surface area (Å²) in [5.74, 6) is 0.0647. The van der Waals surface area contributed by atoms with E-state index in [4.69, 9.17) is 10.5 Å². The standard InChI is InChI=1S/C19H30N4O3.2ClH/c1-26-17(15-20)14-18(24)21-9-5-8-19(25)23-12-10-22(11-13-23)16-6-3-2-4-7-16;;/h2-4,6-7,17H,5,8-15,20H2,1H3,(H,21,24);2*1H. The Morgan fingerprint density at radius 3 is 2.36 bits per heavy atom. The number of benzene rings is 1. The number of carbonyl (C=O) groups excluding carboxylic acids is 2. The Bertz CT molecular complexity index is 566. The molecular weight excluding hydrogens is 403 g/mol. The molecule has 1 atom stereocenters. The fourth-order valence-electron chi connectivity index (χ4n) is 3.02. The van der Waals surface area contributed by atoms with E-state index in [9.17, 15) is 9.59 Å². The van der Waals surface area contributed by atoms with Gasteiger partial charge in [0.15, 0.2) is 0 Å². The van der Waals surface area contributed by atoms with Gasteiger partial charge in [-0.15, -0.1) is 24.8 Å². The van der Waals surface area contributed by atoms with Crippen LogP contribution in [-0.4, -0.2) is 69.2 Å². The fraction of sp³-hybridized carbons (Fsp3) is 0.579. The van der Waals surface area contributed by atoms with Gasteiger partial charge in [-0.05, 0) is 18.6 Å². The molecule has 0 radical (unpaired) electrons. The zero-order valence-electron chi connectivity index (χ0n) is 16.3. The van der Waals surface area contributed by atoms with E-state index in [0.29, 0.717) is 25.9 Å². The summed E-state index contributed by atoms with van der Waals surface area (Å²) in [7, 11) is 1.54. The van der Waals surface area contributed by atoms with Gasteiger partial charge in [0.2, 0.25) is 11.8 Å². The molecule has 0 aliphatic carbocycles. The molecule has 2 rings (SSSR count). The first kappa shape index (κ1) is 26.5. The molecule has 1 unspecified atom stereocenters. The predicted molar refractivity (Wildman–Crippen MR) is 116 cm³/mol. The molecule has 9 heteroatoms. The molecule has 1 fully saturated rings. The maximum Gasteiger partial charge on any atom is 0.222 e. The number of hydrogen-bond acceptors (Lipinski definition) is 5. The molecule has 1 saturated heterocycles. The Balaban J connectivity index is 0.00000364. The summed E-state index contributed by atoms with van der Waals surface area (Å²) in [6.45, 7) is 4.00. The Labute approximate surface area is 179 Å². The minimum Gasteiger partial charge on any atom is -0.380 e. The molecule has 1 aromatic carbocycles. The van der Waals surface area contributed by atoms with Crippen molar-refractivity contribution in [1.29, 1.82) is 0 Å². The van der Waals surface area contributed by atoms with E-state index in [0.717, 1.165) is 26.2 Å². The Morgan fingerprint density at radius 2 is 1.79 bits per heavy atom. The normalized spacial score (nSPS) is 14.5. The van der Waals surface area contributed by atoms with Gasteiger partial charge in [-0.25, -0.2) is 0 Å². The number of hydrogen-bond donors (Lipinski definition) is 2. The van der Waals surface area contributed by atoms with Crippen LogP contribution in [0.2, 0.25) is 0 Å². The Hall–Kier alpha value is -1.54. The second-order valence-electron chi connectivity index (χ2n) is 6.45. The summed E-state index contributed by atoms with van der Waals surface area (Å²) in [6, 6.07) is 10.3. The zero-order valence-corrected chi connectivity index (χ0v) is 18.0. The summed E-state index contributed by atoms with van der Waals surface area (Å²) < 4.78 is 5.08. The number of carbonyl (C=O) groups is 2. The first-order valence-corrected chi connectivity index (χ1v) is 9.21. The van der Waals surface area contributed by atoms with Crippen LogP contribution in [0.5, 0.6) is 0 Å². The van der Waals surface area contributed by atoms with Crippen molar-refractivity contribution < 1.29 is 14.3 Å². The van der Waals surface area contributed by atoms with Gasteiger partial charge in [0, 0.05) is 58.5 Å². The molecule has 0 saturated carbocycles. The van der Waals surface area contributed by atoms with E-state index in [1.807, 2.05) is 23.1 Å². The van der Waals surface area contributed by atoms with Crippen LogP contribution < -0.4 is 16.0 Å². The smallest absolute Gasteiger partial charge is 0.222 e. The lowest BCUT2D eigenvalue weighted by Gasteiger charge is -2.36. The number of ether oxygens (including phenoxy) is 1. The highest BCUT2D eigenvalue weighted by Gasteiger charge is 2.20. The molecule has 7 nitrogen and oxygen atoms in total. The minimum atomic E-state index is -0.252. The summed E-state index contributed by atoms with van der Waals surface area (Å²) >= 11 is 0. The van der Waals surface area contributed by atoms with Crippen LogP contribution >= 0.6 is 24.8 Å². The first-order valence-electron chi connectivity index (χ1n) is 9.21. The molecule has 1 aliphatic heterocycles. The lowest BCUT2D eigenvalue weighted by Crippen LogP contribution is -2.48. The van der Waals surface area contributed by atoms with Crippen LogP contribution in [0.15, 0.2) is 30.3 Å². The number of halogens is 2. The van der Waals surface area contributed by atoms with Crippen LogP contribution in [0.4, 0.5) is 5.69 Å². The van der Waals surface area contributed by atoms with Crippen molar-refractivity contribution in [2.24, 2.45) is 5.73 Å². The third-order valence-corrected chi connectivity index (χ3v) is 4.65. The van der Waals surface area contributed by atoms with Crippen molar-refractivity contribution in [3.05, 3.63) is 30.3 Å². The van der Waals surface area contributed by atoms with E-state index in [2.05, 4.69) is 22.3 Å². The monoisotopic (exact) mass is 434 g/mol. The number of nitrogens with one attached hydrogen (secondary N) is 1. The highest BCUT2D eigenvalue weighted by Crippen LogP contribution is 2.16. The second kappa shape index (κ2) is 14.5. The largest absolute Gasteiger partial charge is 0.380 e. The van der Waals surface area contributed by atoms with Gasteiger partial charge >= 0.3 is 0 Å². The van der Waals surface area contributed by atoms with Gasteiger partial charge in [0.1, 0.15) is 0 Å². The van der Waals surface area contributed by atoms with Gasteiger partial charge < -0.3 is 25.6 Å². The fourth-order valence-corrected chi connectivity index (χ4v) is 3.02. The molecule has 2 amide bonds. The Morgan fingerprint density at radius 1 is 1.14 bits per heavy atom. The molecule has 0 aromatic heterocycles. The number of nitrogens with zero attached hydrogens (tertiary/aromatic N) is 2. The minimum absolute atomic E-state index is 0. The predicted octanol–water partition coefficient (Wildman–Crippen LogP) is 1.44. The number of anilines is 1. The molecule has 1 aliphatic rings. The quantitative estimate of drug-likeness (QED) is 0.574. The van der Waals surface area contributed by atoms with Gasteiger partial charge in [-0.3, -0.25) is 9.59 Å². The number of rotatable bonds is 9. The molecule has 1 aromatic rings.